The monoisotopic (exact) mass is 685 g/mol. The molecule has 0 amide bonds. The van der Waals surface area contributed by atoms with Gasteiger partial charge in [0.1, 0.15) is 29.4 Å². The molecule has 0 aliphatic rings. The van der Waals surface area contributed by atoms with E-state index in [1.54, 1.807) is 0 Å². The third-order valence-electron chi connectivity index (χ3n) is 7.06. The molecule has 0 fully saturated rings. The second kappa shape index (κ2) is 13.0. The maximum atomic E-state index is 15.3. The van der Waals surface area contributed by atoms with Crippen molar-refractivity contribution in [1.82, 2.24) is 0 Å². The summed E-state index contributed by atoms with van der Waals surface area (Å²) >= 11 is 0. The molecule has 0 heterocycles. The Kier molecular flexibility index (Phi) is 9.69. The summed E-state index contributed by atoms with van der Waals surface area (Å²) in [6.07, 6.45) is -5.62. The lowest BCUT2D eigenvalue weighted by Gasteiger charge is -2.44. The van der Waals surface area contributed by atoms with Crippen molar-refractivity contribution < 1.29 is 70.2 Å². The highest BCUT2D eigenvalue weighted by atomic mass is 19.2. The van der Waals surface area contributed by atoms with Crippen molar-refractivity contribution in [2.45, 2.75) is 0 Å². The van der Waals surface area contributed by atoms with Crippen LogP contribution >= 0.6 is 0 Å². The average molecular weight is 685 g/mol. The Hall–Kier alpha value is -4.96. The van der Waals surface area contributed by atoms with Crippen LogP contribution in [0.25, 0.3) is 0 Å². The van der Waals surface area contributed by atoms with E-state index < -0.39 is 145 Å². The summed E-state index contributed by atoms with van der Waals surface area (Å²) in [6, 6.07) is 9.51. The highest BCUT2D eigenvalue weighted by Crippen LogP contribution is 2.26. The number of hydrogen-bond acceptors (Lipinski definition) is 0. The average Bonchev–Trinajstić information content (AvgIpc) is 3.07. The number of rotatable bonds is 4. The Morgan fingerprint density at radius 3 is 0.574 bits per heavy atom. The Morgan fingerprint density at radius 2 is 0.404 bits per heavy atom. The molecule has 0 spiro atoms. The van der Waals surface area contributed by atoms with Crippen LogP contribution in [-0.2, 0) is 0 Å². The van der Waals surface area contributed by atoms with E-state index in [-0.39, 0.29) is 0 Å². The van der Waals surface area contributed by atoms with Crippen LogP contribution in [0.1, 0.15) is 0 Å². The van der Waals surface area contributed by atoms with E-state index in [1.807, 2.05) is 36.4 Å². The fourth-order valence-electron chi connectivity index (χ4n) is 5.02. The minimum absolute atomic E-state index is 0.621. The van der Waals surface area contributed by atoms with Crippen LogP contribution in [0.4, 0.5) is 70.2 Å². The molecule has 0 atom stereocenters. The molecule has 0 saturated heterocycles. The lowest BCUT2D eigenvalue weighted by atomic mass is 9.12. The van der Waals surface area contributed by atoms with Gasteiger partial charge >= 0.3 is 0 Å². The molecular weight excluding hydrogens is 675 g/mol. The third-order valence-corrected chi connectivity index (χ3v) is 7.06. The van der Waals surface area contributed by atoms with Crippen LogP contribution in [-0.4, -0.2) is 6.15 Å². The SMILES string of the molecule is Fc1cc([B-](c2cc(F)c(F)c(F)c2F)(c2cc(F)c(F)c(F)c2F)c2cc(F)c(F)c(F)c2F)c(F)c(F)c1F.c1ccccc1. The zero-order chi connectivity index (χ0) is 35.1. The first-order valence-electron chi connectivity index (χ1n) is 12.5. The molecule has 0 bridgehead atoms. The number of halogens is 16. The molecule has 17 heteroatoms. The van der Waals surface area contributed by atoms with Gasteiger partial charge in [-0.1, -0.05) is 60.7 Å². The Morgan fingerprint density at radius 1 is 0.234 bits per heavy atom. The van der Waals surface area contributed by atoms with Crippen molar-refractivity contribution in [2.24, 2.45) is 0 Å². The van der Waals surface area contributed by atoms with Gasteiger partial charge in [-0.3, -0.25) is 0 Å². The molecule has 5 rings (SSSR count). The summed E-state index contributed by atoms with van der Waals surface area (Å²) in [5.74, 6) is -44.3. The topological polar surface area (TPSA) is 0 Å². The van der Waals surface area contributed by atoms with Crippen molar-refractivity contribution in [3.05, 3.63) is 154 Å². The molecule has 0 aliphatic carbocycles. The van der Waals surface area contributed by atoms with Gasteiger partial charge in [-0.15, -0.1) is 0 Å². The van der Waals surface area contributed by atoms with Gasteiger partial charge in [0, 0.05) is 0 Å². The predicted octanol–water partition coefficient (Wildman–Crippen LogP) is 6.98. The lowest BCUT2D eigenvalue weighted by molar-refractivity contribution is 0.408. The van der Waals surface area contributed by atoms with Gasteiger partial charge in [-0.05, 0) is 0 Å². The Balaban J connectivity index is 0.000000748. The van der Waals surface area contributed by atoms with Crippen molar-refractivity contribution in [2.75, 3.05) is 0 Å². The van der Waals surface area contributed by atoms with Gasteiger partial charge in [0.15, 0.2) is 69.8 Å². The molecular formula is C30H10BF16-. The minimum atomic E-state index is -5.62. The van der Waals surface area contributed by atoms with Crippen molar-refractivity contribution in [3.8, 4) is 0 Å². The van der Waals surface area contributed by atoms with Crippen LogP contribution in [0.3, 0.4) is 0 Å². The van der Waals surface area contributed by atoms with E-state index >= 15 is 17.6 Å². The first kappa shape index (κ1) is 34.9. The summed E-state index contributed by atoms with van der Waals surface area (Å²) in [5.41, 5.74) is -9.06. The van der Waals surface area contributed by atoms with Crippen molar-refractivity contribution in [1.29, 1.82) is 0 Å². The minimum Gasteiger partial charge on any atom is -0.207 e. The molecule has 0 saturated carbocycles. The van der Waals surface area contributed by atoms with Gasteiger partial charge in [0.2, 0.25) is 0 Å². The molecule has 246 valence electrons. The molecule has 0 nitrogen and oxygen atoms in total. The van der Waals surface area contributed by atoms with Crippen LogP contribution in [0.15, 0.2) is 60.7 Å². The Labute approximate surface area is 252 Å². The second-order valence-corrected chi connectivity index (χ2v) is 9.58. The second-order valence-electron chi connectivity index (χ2n) is 9.58. The van der Waals surface area contributed by atoms with E-state index in [4.69, 9.17) is 0 Å². The molecule has 0 unspecified atom stereocenters. The smallest absolute Gasteiger partial charge is 0.197 e. The molecule has 5 aromatic rings. The molecule has 47 heavy (non-hydrogen) atoms. The lowest BCUT2D eigenvalue weighted by Crippen LogP contribution is -2.78. The van der Waals surface area contributed by atoms with Gasteiger partial charge in [-0.2, -0.15) is 21.9 Å². The summed E-state index contributed by atoms with van der Waals surface area (Å²) < 4.78 is 232. The van der Waals surface area contributed by atoms with Crippen LogP contribution < -0.4 is 21.9 Å². The standard InChI is InChI=1S/C24H4BF16.C6H6/c26-9-1-5(13(30)21(38)17(9)34)25(6-2-10(27)18(35)22(39)14(6)31,7-3-11(28)19(36)23(40)15(7)32)8-4-12(29)20(37)24(41)16(8)33;1-2-4-6-5-3-1/h1-4H;1-6H/q-1;. The van der Waals surface area contributed by atoms with Crippen LogP contribution in [0.2, 0.25) is 0 Å². The fraction of sp³-hybridized carbons (Fsp3) is 0. The van der Waals surface area contributed by atoms with E-state index in [9.17, 15) is 52.7 Å². The fourth-order valence-corrected chi connectivity index (χ4v) is 5.02. The molecule has 5 aromatic carbocycles. The van der Waals surface area contributed by atoms with E-state index in [0.717, 1.165) is 0 Å². The van der Waals surface area contributed by atoms with E-state index in [2.05, 4.69) is 0 Å². The zero-order valence-corrected chi connectivity index (χ0v) is 22.4. The van der Waals surface area contributed by atoms with Gasteiger partial charge < -0.3 is 0 Å². The van der Waals surface area contributed by atoms with Crippen molar-refractivity contribution >= 4 is 28.0 Å². The quantitative estimate of drug-likeness (QED) is 0.0830. The van der Waals surface area contributed by atoms with E-state index in [1.165, 1.54) is 0 Å². The normalized spacial score (nSPS) is 11.4. The maximum Gasteiger partial charge on any atom is 0.197 e. The Bertz CT molecular complexity index is 1730. The zero-order valence-electron chi connectivity index (χ0n) is 22.4. The molecule has 0 aromatic heterocycles. The molecule has 0 radical (unpaired) electrons. The highest BCUT2D eigenvalue weighted by molar-refractivity contribution is 7.20. The first-order chi connectivity index (χ1) is 22.0. The van der Waals surface area contributed by atoms with Crippen LogP contribution in [0.5, 0.6) is 0 Å². The van der Waals surface area contributed by atoms with E-state index in [0.29, 0.717) is 0 Å². The summed E-state index contributed by atoms with van der Waals surface area (Å²) in [6.45, 7) is 0. The number of benzene rings is 5. The predicted molar refractivity (Wildman–Crippen MR) is 136 cm³/mol. The summed E-state index contributed by atoms with van der Waals surface area (Å²) in [7, 11) is 0. The maximum absolute atomic E-state index is 15.3. The summed E-state index contributed by atoms with van der Waals surface area (Å²) in [5, 5.41) is 0. The highest BCUT2D eigenvalue weighted by Gasteiger charge is 2.45. The molecule has 0 aliphatic heterocycles. The van der Waals surface area contributed by atoms with Gasteiger partial charge in [-0.25, -0.2) is 70.2 Å². The number of hydrogen-bond donors (Lipinski definition) is 0. The molecule has 0 N–H and O–H groups in total. The van der Waals surface area contributed by atoms with Crippen molar-refractivity contribution in [3.63, 3.8) is 0 Å². The first-order valence-corrected chi connectivity index (χ1v) is 12.5. The van der Waals surface area contributed by atoms with Gasteiger partial charge in [0.05, 0.1) is 0 Å². The third kappa shape index (κ3) is 5.67. The summed E-state index contributed by atoms with van der Waals surface area (Å²) in [4.78, 5) is 0. The van der Waals surface area contributed by atoms with Crippen LogP contribution in [0, 0.1) is 93.1 Å². The van der Waals surface area contributed by atoms with Gasteiger partial charge in [0.25, 0.3) is 0 Å². The largest absolute Gasteiger partial charge is 0.207 e.